The van der Waals surface area contributed by atoms with Gasteiger partial charge < -0.3 is 0 Å². The van der Waals surface area contributed by atoms with Crippen LogP contribution < -0.4 is 0 Å². The highest BCUT2D eigenvalue weighted by atomic mass is 28.3. The molecule has 0 nitrogen and oxygen atoms in total. The Morgan fingerprint density at radius 2 is 1.10 bits per heavy atom. The fraction of sp³-hybridized carbons (Fsp3) is 0.673. The van der Waals surface area contributed by atoms with Crippen LogP contribution in [-0.4, -0.2) is 8.07 Å². The van der Waals surface area contributed by atoms with E-state index in [1.165, 1.54) is 69.8 Å². The van der Waals surface area contributed by atoms with E-state index in [1.54, 1.807) is 0 Å². The second-order valence-corrected chi connectivity index (χ2v) is 22.7. The van der Waals surface area contributed by atoms with Gasteiger partial charge in [-0.2, -0.15) is 0 Å². The molecular weight excluding hydrogens is 617 g/mol. The van der Waals surface area contributed by atoms with E-state index < -0.39 is 18.9 Å². The minimum Gasteiger partial charge on any atom is -0.0587 e. The van der Waals surface area contributed by atoms with E-state index in [-0.39, 0.29) is 28.8 Å². The maximum Gasteiger partial charge on any atom is 0.0671 e. The van der Waals surface area contributed by atoms with Gasteiger partial charge in [0.15, 0.2) is 0 Å². The SMILES string of the molecule is [CH]C1CC2C(Cc3ccc(C([CH])([CH])[CH])cc3)C3CCCC3CC2C1[Si]([CH])([CH])C1C([CH])CC2C1CC1CCCC1C2C1CCC(C([CH])([CH])[CH])CC1. The van der Waals surface area contributed by atoms with Crippen LogP contribution in [0.15, 0.2) is 24.3 Å². The third-order valence-electron chi connectivity index (χ3n) is 16.8. The van der Waals surface area contributed by atoms with Gasteiger partial charge in [0.1, 0.15) is 0 Å². The topological polar surface area (TPSA) is 0 Å². The molecule has 8 rings (SSSR count). The van der Waals surface area contributed by atoms with Gasteiger partial charge in [-0.25, -0.2) is 0 Å². The van der Waals surface area contributed by atoms with Gasteiger partial charge in [0, 0.05) is 5.41 Å². The molecule has 1 aromatic rings. The molecule has 50 heavy (non-hydrogen) atoms. The zero-order valence-electron chi connectivity index (χ0n) is 30.4. The minimum absolute atomic E-state index is 0.0619. The van der Waals surface area contributed by atoms with Crippen LogP contribution in [0, 0.1) is 157 Å². The van der Waals surface area contributed by atoms with Crippen LogP contribution in [0.4, 0.5) is 0 Å². The van der Waals surface area contributed by atoms with Crippen LogP contribution in [-0.2, 0) is 11.8 Å². The maximum atomic E-state index is 7.82. The second-order valence-electron chi connectivity index (χ2n) is 19.4. The van der Waals surface area contributed by atoms with Gasteiger partial charge >= 0.3 is 0 Å². The average molecular weight is 677 g/mol. The third-order valence-corrected chi connectivity index (χ3v) is 20.8. The standard InChI is InChI=1S/C49H60Si/c1-30-25-40-41(27-32-17-21-36(22-18-32)48(3,4)5)38-15-11-13-34(38)28-43(40)46(30)50(9,10)47-31(2)26-42-44(47)29-35-14-12-16-39(35)45(42)33-19-23-37(24-20-33)49(6,7)8/h1-10,17-18,21-22,30-31,33-35,37-47H,11-16,19-20,23-29H2. The van der Waals surface area contributed by atoms with Gasteiger partial charge in [0.2, 0.25) is 0 Å². The molecule has 0 heterocycles. The smallest absolute Gasteiger partial charge is 0.0587 e. The molecule has 0 aliphatic heterocycles. The van der Waals surface area contributed by atoms with Crippen molar-refractivity contribution in [2.75, 3.05) is 0 Å². The Morgan fingerprint density at radius 3 is 1.68 bits per heavy atom. The summed E-state index contributed by atoms with van der Waals surface area (Å²) in [7, 11) is -2.87. The Labute approximate surface area is 311 Å². The van der Waals surface area contributed by atoms with E-state index in [4.69, 9.17) is 68.5 Å². The summed E-state index contributed by atoms with van der Waals surface area (Å²) in [5, 5.41) is 0. The quantitative estimate of drug-likeness (QED) is 0.252. The molecule has 7 fully saturated rings. The molecule has 0 N–H and O–H groups in total. The number of fused-ring (bicyclic) bond motifs is 4. The van der Waals surface area contributed by atoms with Gasteiger partial charge in [0.25, 0.3) is 0 Å². The first-order valence-corrected chi connectivity index (χ1v) is 22.8. The lowest BCUT2D eigenvalue weighted by Gasteiger charge is -2.53. The van der Waals surface area contributed by atoms with Gasteiger partial charge in [-0.1, -0.05) is 49.9 Å². The third kappa shape index (κ3) is 6.30. The summed E-state index contributed by atoms with van der Waals surface area (Å²) in [5.41, 5.74) is 0.150. The van der Waals surface area contributed by atoms with Crippen LogP contribution in [0.2, 0.25) is 11.1 Å². The van der Waals surface area contributed by atoms with E-state index in [0.29, 0.717) is 41.4 Å². The van der Waals surface area contributed by atoms with E-state index in [2.05, 4.69) is 12.1 Å². The van der Waals surface area contributed by atoms with Crippen molar-refractivity contribution in [3.63, 3.8) is 0 Å². The van der Waals surface area contributed by atoms with Gasteiger partial charge in [-0.15, -0.1) is 0 Å². The molecule has 0 amide bonds. The van der Waals surface area contributed by atoms with Crippen LogP contribution in [0.5, 0.6) is 0 Å². The van der Waals surface area contributed by atoms with Crippen molar-refractivity contribution in [2.45, 2.75) is 113 Å². The summed E-state index contributed by atoms with van der Waals surface area (Å²) in [6.45, 7) is 66.9. The molecule has 1 aromatic carbocycles. The largest absolute Gasteiger partial charge is 0.0671 e. The van der Waals surface area contributed by atoms with Crippen molar-refractivity contribution in [3.05, 3.63) is 104 Å². The average Bonchev–Trinajstić information content (AvgIpc) is 3.84. The van der Waals surface area contributed by atoms with Gasteiger partial charge in [-0.05, 0) is 250 Å². The molecule has 20 radical (unpaired) electrons. The first-order chi connectivity index (χ1) is 23.6. The number of hydrogen-bond donors (Lipinski definition) is 0. The van der Waals surface area contributed by atoms with Gasteiger partial charge in [-0.3, -0.25) is 0 Å². The molecule has 0 bridgehead atoms. The lowest BCUT2D eigenvalue weighted by molar-refractivity contribution is 0.00611. The highest BCUT2D eigenvalue weighted by molar-refractivity contribution is 6.86. The Bertz CT molecular complexity index is 1320. The Balaban J connectivity index is 1.05. The minimum atomic E-state index is -2.87. The molecule has 7 aliphatic rings. The maximum absolute atomic E-state index is 7.82. The lowest BCUT2D eigenvalue weighted by Crippen LogP contribution is -2.51. The van der Waals surface area contributed by atoms with Crippen LogP contribution in [0.25, 0.3) is 0 Å². The van der Waals surface area contributed by atoms with Gasteiger partial charge in [0.05, 0.1) is 8.07 Å². The molecular formula is C49H60Si. The highest BCUT2D eigenvalue weighted by Crippen LogP contribution is 2.70. The molecule has 1 heteroatoms. The monoisotopic (exact) mass is 676 g/mol. The molecule has 260 valence electrons. The van der Waals surface area contributed by atoms with Crippen LogP contribution in [0.3, 0.4) is 0 Å². The van der Waals surface area contributed by atoms with E-state index >= 15 is 0 Å². The van der Waals surface area contributed by atoms with Crippen molar-refractivity contribution in [3.8, 4) is 0 Å². The van der Waals surface area contributed by atoms with Crippen molar-refractivity contribution in [1.29, 1.82) is 0 Å². The van der Waals surface area contributed by atoms with Crippen molar-refractivity contribution >= 4 is 8.07 Å². The summed E-state index contributed by atoms with van der Waals surface area (Å²) >= 11 is 0. The molecule has 0 aromatic heterocycles. The zero-order valence-corrected chi connectivity index (χ0v) is 31.4. The number of hydrogen-bond acceptors (Lipinski definition) is 0. The second kappa shape index (κ2) is 13.3. The summed E-state index contributed by atoms with van der Waals surface area (Å²) < 4.78 is 0. The number of benzene rings is 1. The first kappa shape index (κ1) is 36.4. The van der Waals surface area contributed by atoms with Crippen molar-refractivity contribution < 1.29 is 0 Å². The van der Waals surface area contributed by atoms with E-state index in [0.717, 1.165) is 61.3 Å². The zero-order chi connectivity index (χ0) is 35.3. The molecule has 0 saturated heterocycles. The summed E-state index contributed by atoms with van der Waals surface area (Å²) in [6.07, 6.45) is 18.2. The molecule has 7 aliphatic carbocycles. The Hall–Kier alpha value is -0.563. The predicted molar refractivity (Wildman–Crippen MR) is 204 cm³/mol. The highest BCUT2D eigenvalue weighted by Gasteiger charge is 2.63. The Morgan fingerprint density at radius 1 is 0.560 bits per heavy atom. The first-order valence-electron chi connectivity index (χ1n) is 20.5. The van der Waals surface area contributed by atoms with E-state index in [9.17, 15) is 0 Å². The number of rotatable bonds is 7. The fourth-order valence-electron chi connectivity index (χ4n) is 15.1. The lowest BCUT2D eigenvalue weighted by atomic mass is 9.56. The molecule has 0 spiro atoms. The van der Waals surface area contributed by atoms with E-state index in [1.807, 2.05) is 12.1 Å². The van der Waals surface area contributed by atoms with Crippen LogP contribution in [0.1, 0.15) is 101 Å². The van der Waals surface area contributed by atoms with Crippen molar-refractivity contribution in [2.24, 2.45) is 88.3 Å². The molecule has 14 atom stereocenters. The Kier molecular flexibility index (Phi) is 9.71. The molecule has 7 saturated carbocycles. The van der Waals surface area contributed by atoms with Crippen LogP contribution >= 0.6 is 0 Å². The summed E-state index contributed by atoms with van der Waals surface area (Å²) in [4.78, 5) is 0. The fourth-order valence-corrected chi connectivity index (χ4v) is 19.5. The summed E-state index contributed by atoms with van der Waals surface area (Å²) in [5.74, 6) is 7.67. The predicted octanol–water partition coefficient (Wildman–Crippen LogP) is 11.0. The molecule has 14 unspecified atom stereocenters. The summed E-state index contributed by atoms with van der Waals surface area (Å²) in [6, 6.07) is 8.36. The van der Waals surface area contributed by atoms with Crippen molar-refractivity contribution in [1.82, 2.24) is 0 Å². The normalized spacial score (nSPS) is 46.4.